The number of ether oxygens (including phenoxy) is 1. The second kappa shape index (κ2) is 13.2. The number of carbonyl (C=O) groups excluding carboxylic acids is 1. The number of aliphatic imine (C=N–C) groups is 1. The summed E-state index contributed by atoms with van der Waals surface area (Å²) in [5.41, 5.74) is 7.29. The van der Waals surface area contributed by atoms with Crippen LogP contribution in [0.1, 0.15) is 66.4 Å². The van der Waals surface area contributed by atoms with Gasteiger partial charge in [-0.05, 0) is 93.5 Å². The quantitative estimate of drug-likeness (QED) is 0.288. The first-order valence-corrected chi connectivity index (χ1v) is 15.8. The highest BCUT2D eigenvalue weighted by molar-refractivity contribution is 8.13. The van der Waals surface area contributed by atoms with E-state index in [0.717, 1.165) is 52.6 Å². The summed E-state index contributed by atoms with van der Waals surface area (Å²) in [6.07, 6.45) is 8.74. The van der Waals surface area contributed by atoms with Crippen LogP contribution in [-0.2, 0) is 0 Å². The molecule has 1 atom stereocenters. The monoisotopic (exact) mass is 614 g/mol. The lowest BCUT2D eigenvalue weighted by Gasteiger charge is -2.39. The molecule has 2 aliphatic rings. The van der Waals surface area contributed by atoms with E-state index in [4.69, 9.17) is 4.74 Å². The van der Waals surface area contributed by atoms with Crippen molar-refractivity contribution in [1.82, 2.24) is 25.0 Å². The third kappa shape index (κ3) is 7.48. The van der Waals surface area contributed by atoms with Crippen LogP contribution in [0.2, 0.25) is 0 Å². The van der Waals surface area contributed by atoms with Gasteiger partial charge in [-0.1, -0.05) is 42.1 Å². The minimum absolute atomic E-state index is 0.279. The Morgan fingerprint density at radius 3 is 2.57 bits per heavy atom. The van der Waals surface area contributed by atoms with Crippen molar-refractivity contribution in [3.63, 3.8) is 0 Å². The van der Waals surface area contributed by atoms with Crippen LogP contribution in [0, 0.1) is 0 Å². The van der Waals surface area contributed by atoms with E-state index >= 15 is 0 Å². The van der Waals surface area contributed by atoms with Crippen LogP contribution < -0.4 is 10.1 Å². The van der Waals surface area contributed by atoms with E-state index < -0.39 is 5.85 Å². The number of alkyl halides is 1. The standard InChI is InChI=1S/C34H39FN6O2S/c1-22-8-7-9-23(2)30(22)41-25(4)18-19-44-33(41)38-32(42)36-20-24(3)26-10-12-27(13-11-26)31-37-21-40(39-31)28-14-16-29(17-15-28)43-34(5,6)35/h8,10-17,20-21,25H,7,9,18-19H2,1-6H3,(H,36,42)/b24-20+,38-33?. The molecule has 1 saturated heterocycles. The molecule has 0 bridgehead atoms. The number of thioether (sulfide) groups is 1. The fraction of sp³-hybridized carbons (Fsp3) is 0.353. The average molecular weight is 615 g/mol. The van der Waals surface area contributed by atoms with Gasteiger partial charge >= 0.3 is 6.03 Å². The summed E-state index contributed by atoms with van der Waals surface area (Å²) >= 11 is 1.63. The average Bonchev–Trinajstić information content (AvgIpc) is 3.47. The zero-order valence-electron chi connectivity index (χ0n) is 26.1. The molecule has 0 radical (unpaired) electrons. The predicted octanol–water partition coefficient (Wildman–Crippen LogP) is 8.29. The first kappa shape index (κ1) is 31.3. The molecule has 44 heavy (non-hydrogen) atoms. The van der Waals surface area contributed by atoms with Gasteiger partial charge in [-0.15, -0.1) is 5.10 Å². The van der Waals surface area contributed by atoms with Crippen LogP contribution in [0.25, 0.3) is 22.6 Å². The first-order valence-electron chi connectivity index (χ1n) is 14.8. The minimum Gasteiger partial charge on any atom is -0.459 e. The number of benzene rings is 2. The Morgan fingerprint density at radius 2 is 1.89 bits per heavy atom. The van der Waals surface area contributed by atoms with Gasteiger partial charge in [-0.3, -0.25) is 0 Å². The van der Waals surface area contributed by atoms with E-state index in [9.17, 15) is 9.18 Å². The highest BCUT2D eigenvalue weighted by Crippen LogP contribution is 2.35. The van der Waals surface area contributed by atoms with E-state index in [2.05, 4.69) is 52.1 Å². The predicted molar refractivity (Wildman–Crippen MR) is 176 cm³/mol. The summed E-state index contributed by atoms with van der Waals surface area (Å²) in [6, 6.07) is 14.7. The van der Waals surface area contributed by atoms with Gasteiger partial charge < -0.3 is 15.0 Å². The third-order valence-electron chi connectivity index (χ3n) is 7.56. The van der Waals surface area contributed by atoms with Gasteiger partial charge in [-0.2, -0.15) is 9.38 Å². The summed E-state index contributed by atoms with van der Waals surface area (Å²) in [5, 5.41) is 8.20. The molecule has 230 valence electrons. The van der Waals surface area contributed by atoms with Gasteiger partial charge in [0.1, 0.15) is 12.1 Å². The number of nitrogens with zero attached hydrogens (tertiary/aromatic N) is 5. The maximum absolute atomic E-state index is 13.8. The van der Waals surface area contributed by atoms with E-state index in [0.29, 0.717) is 11.6 Å². The highest BCUT2D eigenvalue weighted by atomic mass is 32.2. The number of aromatic nitrogens is 3. The SMILES string of the molecule is CC1=CCCC(C)=C1N1C(=NC(=O)N/C=C(\C)c2ccc(-c3ncn(-c4ccc(OC(C)(C)F)cc4)n3)cc2)SCCC1C. The Hall–Kier alpha value is -4.18. The minimum atomic E-state index is -1.75. The number of halogens is 1. The summed E-state index contributed by atoms with van der Waals surface area (Å²) in [7, 11) is 0. The third-order valence-corrected chi connectivity index (χ3v) is 8.55. The van der Waals surface area contributed by atoms with Crippen molar-refractivity contribution in [3.8, 4) is 22.8 Å². The number of rotatable bonds is 7. The van der Waals surface area contributed by atoms with Gasteiger partial charge in [0.25, 0.3) is 0 Å². The Kier molecular flexibility index (Phi) is 9.39. The number of carbonyl (C=O) groups is 1. The molecule has 1 aliphatic heterocycles. The van der Waals surface area contributed by atoms with Crippen molar-refractivity contribution >= 4 is 28.5 Å². The van der Waals surface area contributed by atoms with E-state index in [1.54, 1.807) is 53.2 Å². The molecule has 0 saturated carbocycles. The second-order valence-corrected chi connectivity index (χ2v) is 12.7. The Balaban J connectivity index is 1.24. The molecule has 5 rings (SSSR count). The van der Waals surface area contributed by atoms with Crippen LogP contribution >= 0.6 is 11.8 Å². The molecule has 3 aromatic rings. The summed E-state index contributed by atoms with van der Waals surface area (Å²) < 4.78 is 20.7. The van der Waals surface area contributed by atoms with Gasteiger partial charge in [0.05, 0.1) is 5.69 Å². The second-order valence-electron chi connectivity index (χ2n) is 11.6. The largest absolute Gasteiger partial charge is 0.459 e. The lowest BCUT2D eigenvalue weighted by Crippen LogP contribution is -2.42. The molecule has 0 spiro atoms. The van der Waals surface area contributed by atoms with Gasteiger partial charge in [0.15, 0.2) is 11.0 Å². The van der Waals surface area contributed by atoms with Gasteiger partial charge in [0.2, 0.25) is 5.85 Å². The number of hydrogen-bond donors (Lipinski definition) is 1. The maximum Gasteiger partial charge on any atom is 0.347 e. The Morgan fingerprint density at radius 1 is 1.16 bits per heavy atom. The normalized spacial score (nSPS) is 18.8. The molecule has 8 nitrogen and oxygen atoms in total. The number of hydrogen-bond acceptors (Lipinski definition) is 5. The summed E-state index contributed by atoms with van der Waals surface area (Å²) in [4.78, 5) is 24.1. The van der Waals surface area contributed by atoms with Crippen molar-refractivity contribution in [2.24, 2.45) is 4.99 Å². The molecular weight excluding hydrogens is 575 g/mol. The number of amides is 2. The Labute approximate surface area is 262 Å². The number of urea groups is 1. The van der Waals surface area contributed by atoms with Crippen molar-refractivity contribution in [2.45, 2.75) is 72.7 Å². The van der Waals surface area contributed by atoms with E-state index in [1.165, 1.54) is 30.7 Å². The van der Waals surface area contributed by atoms with Crippen LogP contribution in [0.15, 0.2) is 89.0 Å². The van der Waals surface area contributed by atoms with E-state index in [-0.39, 0.29) is 12.1 Å². The number of nitrogens with one attached hydrogen (secondary N) is 1. The van der Waals surface area contributed by atoms with Crippen LogP contribution in [0.4, 0.5) is 9.18 Å². The maximum atomic E-state index is 13.8. The molecule has 2 aromatic carbocycles. The molecule has 1 aromatic heterocycles. The molecular formula is C34H39FN6O2S. The highest BCUT2D eigenvalue weighted by Gasteiger charge is 2.30. The summed E-state index contributed by atoms with van der Waals surface area (Å²) in [5.74, 6) is 0.199. The fourth-order valence-corrected chi connectivity index (χ4v) is 6.48. The molecule has 10 heteroatoms. The molecule has 1 N–H and O–H groups in total. The van der Waals surface area contributed by atoms with Crippen molar-refractivity contribution in [3.05, 3.63) is 89.5 Å². The van der Waals surface area contributed by atoms with Crippen LogP contribution in [0.5, 0.6) is 5.75 Å². The van der Waals surface area contributed by atoms with Crippen LogP contribution in [0.3, 0.4) is 0 Å². The lowest BCUT2D eigenvalue weighted by atomic mass is 9.96. The molecule has 1 fully saturated rings. The van der Waals surface area contributed by atoms with Crippen molar-refractivity contribution in [2.75, 3.05) is 5.75 Å². The number of allylic oxidation sites excluding steroid dienone is 4. The number of amidine groups is 1. The molecule has 2 amide bonds. The van der Waals surface area contributed by atoms with Crippen molar-refractivity contribution in [1.29, 1.82) is 0 Å². The fourth-order valence-electron chi connectivity index (χ4n) is 5.28. The van der Waals surface area contributed by atoms with Gasteiger partial charge in [-0.25, -0.2) is 14.5 Å². The van der Waals surface area contributed by atoms with Gasteiger partial charge in [0, 0.05) is 43.1 Å². The zero-order chi connectivity index (χ0) is 31.4. The molecule has 1 unspecified atom stereocenters. The first-order chi connectivity index (χ1) is 21.0. The van der Waals surface area contributed by atoms with Crippen LogP contribution in [-0.4, -0.2) is 48.5 Å². The lowest BCUT2D eigenvalue weighted by molar-refractivity contribution is -0.0257. The van der Waals surface area contributed by atoms with Crippen molar-refractivity contribution < 1.29 is 13.9 Å². The molecule has 2 heterocycles. The van der Waals surface area contributed by atoms with E-state index in [1.807, 2.05) is 31.2 Å². The summed E-state index contributed by atoms with van der Waals surface area (Å²) in [6.45, 7) is 11.2. The Bertz CT molecular complexity index is 1630. The molecule has 1 aliphatic carbocycles. The topological polar surface area (TPSA) is 84.6 Å². The smallest absolute Gasteiger partial charge is 0.347 e. The zero-order valence-corrected chi connectivity index (χ0v) is 26.9.